The van der Waals surface area contributed by atoms with Crippen molar-refractivity contribution in [3.05, 3.63) is 89.7 Å². The molecule has 2 N–H and O–H groups in total. The molecule has 178 valence electrons. The van der Waals surface area contributed by atoms with Crippen LogP contribution in [0.4, 0.5) is 4.79 Å². The number of carbonyl (C=O) groups excluding carboxylic acids is 3. The van der Waals surface area contributed by atoms with Gasteiger partial charge in [-0.25, -0.2) is 14.8 Å². The Morgan fingerprint density at radius 3 is 2.58 bits per heavy atom. The molecule has 4 heterocycles. The number of amides is 4. The predicted molar refractivity (Wildman–Crippen MR) is 131 cm³/mol. The second-order valence-electron chi connectivity index (χ2n) is 8.85. The Bertz CT molecular complexity index is 1550. The second kappa shape index (κ2) is 8.16. The van der Waals surface area contributed by atoms with Crippen LogP contribution >= 0.6 is 0 Å². The molecule has 2 aromatic heterocycles. The number of benzene rings is 2. The molecular formula is C27H21N5O4. The van der Waals surface area contributed by atoms with E-state index in [2.05, 4.69) is 20.6 Å². The van der Waals surface area contributed by atoms with Gasteiger partial charge in [0.2, 0.25) is 0 Å². The van der Waals surface area contributed by atoms with Gasteiger partial charge >= 0.3 is 6.03 Å². The smallest absolute Gasteiger partial charge is 0.322 e. The van der Waals surface area contributed by atoms with Gasteiger partial charge in [0.15, 0.2) is 11.2 Å². The van der Waals surface area contributed by atoms with Crippen molar-refractivity contribution in [3.63, 3.8) is 0 Å². The van der Waals surface area contributed by atoms with Crippen molar-refractivity contribution in [1.29, 1.82) is 0 Å². The lowest BCUT2D eigenvalue weighted by Crippen LogP contribution is -2.52. The highest BCUT2D eigenvalue weighted by Gasteiger charge is 2.50. The summed E-state index contributed by atoms with van der Waals surface area (Å²) in [5.41, 5.74) is 2.99. The van der Waals surface area contributed by atoms with Crippen LogP contribution in [0, 0.1) is 0 Å². The molecule has 1 saturated heterocycles. The van der Waals surface area contributed by atoms with Crippen molar-refractivity contribution >= 4 is 28.9 Å². The van der Waals surface area contributed by atoms with Gasteiger partial charge < -0.3 is 15.0 Å². The Kier molecular flexibility index (Phi) is 4.92. The number of rotatable bonds is 5. The van der Waals surface area contributed by atoms with Crippen LogP contribution in [0.3, 0.4) is 0 Å². The number of methoxy groups -OCH3 is 1. The number of nitrogens with one attached hydrogen (secondary N) is 2. The van der Waals surface area contributed by atoms with Crippen LogP contribution in [0.2, 0.25) is 0 Å². The topological polar surface area (TPSA) is 114 Å². The molecule has 2 aliphatic rings. The zero-order valence-electron chi connectivity index (χ0n) is 19.3. The number of fused-ring (bicyclic) bond motifs is 2. The third-order valence-corrected chi connectivity index (χ3v) is 6.73. The third-order valence-electron chi connectivity index (χ3n) is 6.73. The second-order valence-corrected chi connectivity index (χ2v) is 8.85. The van der Waals surface area contributed by atoms with E-state index in [9.17, 15) is 14.4 Å². The van der Waals surface area contributed by atoms with E-state index in [1.807, 2.05) is 36.4 Å². The molecule has 1 atom stereocenters. The molecular weight excluding hydrogens is 458 g/mol. The SMILES string of the molecule is COc1ccc2c(c1)C(=O)N(C[C@@]1(c3ccc(-c4cnc5ncccc5c4)cc3)NC(=O)NC1=O)C2. The average Bonchev–Trinajstić information content (AvgIpc) is 3.38. The van der Waals surface area contributed by atoms with E-state index in [4.69, 9.17) is 4.74 Å². The minimum Gasteiger partial charge on any atom is -0.497 e. The number of imide groups is 1. The molecule has 36 heavy (non-hydrogen) atoms. The van der Waals surface area contributed by atoms with E-state index in [1.165, 1.54) is 0 Å². The van der Waals surface area contributed by atoms with Gasteiger partial charge in [-0.1, -0.05) is 30.3 Å². The van der Waals surface area contributed by atoms with Crippen LogP contribution in [0.1, 0.15) is 21.5 Å². The third kappa shape index (κ3) is 3.44. The number of carbonyl (C=O) groups is 3. The van der Waals surface area contributed by atoms with E-state index < -0.39 is 17.5 Å². The number of urea groups is 1. The van der Waals surface area contributed by atoms with E-state index in [0.717, 1.165) is 22.1 Å². The summed E-state index contributed by atoms with van der Waals surface area (Å²) in [6, 6.07) is 17.9. The summed E-state index contributed by atoms with van der Waals surface area (Å²) in [5.74, 6) is -0.134. The summed E-state index contributed by atoms with van der Waals surface area (Å²) in [4.78, 5) is 48.8. The van der Waals surface area contributed by atoms with Gasteiger partial charge in [-0.05, 0) is 47.0 Å². The van der Waals surface area contributed by atoms with Gasteiger partial charge in [0.1, 0.15) is 5.75 Å². The molecule has 2 aliphatic heterocycles. The molecule has 2 aromatic carbocycles. The van der Waals surface area contributed by atoms with Gasteiger partial charge in [-0.2, -0.15) is 0 Å². The van der Waals surface area contributed by atoms with Crippen molar-refractivity contribution < 1.29 is 19.1 Å². The van der Waals surface area contributed by atoms with Gasteiger partial charge in [0.05, 0.1) is 13.7 Å². The fraction of sp³-hybridized carbons (Fsp3) is 0.148. The standard InChI is InChI=1S/C27H21N5O4/c1-36-21-9-6-18-14-32(24(33)22(18)12-21)15-27(25(34)30-26(35)31-27)20-7-4-16(5-8-20)19-11-17-3-2-10-28-23(17)29-13-19/h2-13H,14-15H2,1H3,(H2,30,31,34,35)/t27-/m0/s1. The fourth-order valence-corrected chi connectivity index (χ4v) is 4.85. The average molecular weight is 479 g/mol. The van der Waals surface area contributed by atoms with E-state index in [0.29, 0.717) is 29.1 Å². The zero-order chi connectivity index (χ0) is 24.9. The molecule has 6 rings (SSSR count). The molecule has 1 fully saturated rings. The maximum atomic E-state index is 13.2. The van der Waals surface area contributed by atoms with Crippen LogP contribution in [-0.2, 0) is 16.9 Å². The first-order valence-corrected chi connectivity index (χ1v) is 11.4. The largest absolute Gasteiger partial charge is 0.497 e. The van der Waals surface area contributed by atoms with Crippen molar-refractivity contribution in [1.82, 2.24) is 25.5 Å². The molecule has 9 heteroatoms. The van der Waals surface area contributed by atoms with Crippen LogP contribution in [0.25, 0.3) is 22.2 Å². The molecule has 0 radical (unpaired) electrons. The van der Waals surface area contributed by atoms with Gasteiger partial charge in [0.25, 0.3) is 11.8 Å². The van der Waals surface area contributed by atoms with Crippen molar-refractivity contribution in [3.8, 4) is 16.9 Å². The molecule has 0 spiro atoms. The summed E-state index contributed by atoms with van der Waals surface area (Å²) in [7, 11) is 1.54. The molecule has 9 nitrogen and oxygen atoms in total. The predicted octanol–water partition coefficient (Wildman–Crippen LogP) is 3.00. The van der Waals surface area contributed by atoms with Gasteiger partial charge in [0, 0.05) is 35.5 Å². The van der Waals surface area contributed by atoms with Gasteiger partial charge in [-0.15, -0.1) is 0 Å². The fourth-order valence-electron chi connectivity index (χ4n) is 4.85. The Morgan fingerprint density at radius 1 is 1.00 bits per heavy atom. The lowest BCUT2D eigenvalue weighted by molar-refractivity contribution is -0.124. The monoisotopic (exact) mass is 479 g/mol. The Hall–Kier alpha value is -4.79. The minimum absolute atomic E-state index is 0.0110. The molecule has 0 bridgehead atoms. The Labute approximate surface area is 206 Å². The summed E-state index contributed by atoms with van der Waals surface area (Å²) < 4.78 is 5.25. The quantitative estimate of drug-likeness (QED) is 0.426. The highest BCUT2D eigenvalue weighted by molar-refractivity contribution is 6.08. The number of pyridine rings is 2. The van der Waals surface area contributed by atoms with Gasteiger partial charge in [-0.3, -0.25) is 14.9 Å². The molecule has 0 saturated carbocycles. The van der Waals surface area contributed by atoms with Crippen molar-refractivity contribution in [2.75, 3.05) is 13.7 Å². The highest BCUT2D eigenvalue weighted by Crippen LogP contribution is 2.33. The molecule has 0 aliphatic carbocycles. The highest BCUT2D eigenvalue weighted by atomic mass is 16.5. The molecule has 0 unspecified atom stereocenters. The first-order valence-electron chi connectivity index (χ1n) is 11.4. The molecule has 4 aromatic rings. The normalized spacial score (nSPS) is 18.8. The minimum atomic E-state index is -1.41. The van der Waals surface area contributed by atoms with Crippen LogP contribution in [0.5, 0.6) is 5.75 Å². The first-order chi connectivity index (χ1) is 17.5. The number of hydrogen-bond donors (Lipinski definition) is 2. The summed E-state index contributed by atoms with van der Waals surface area (Å²) in [6.45, 7) is 0.320. The summed E-state index contributed by atoms with van der Waals surface area (Å²) in [5, 5.41) is 6.03. The lowest BCUT2D eigenvalue weighted by Gasteiger charge is -2.31. The summed E-state index contributed by atoms with van der Waals surface area (Å²) in [6.07, 6.45) is 3.45. The van der Waals surface area contributed by atoms with Crippen LogP contribution < -0.4 is 15.4 Å². The Morgan fingerprint density at radius 2 is 1.83 bits per heavy atom. The van der Waals surface area contributed by atoms with Crippen LogP contribution in [0.15, 0.2) is 73.1 Å². The number of nitrogens with zero attached hydrogens (tertiary/aromatic N) is 3. The maximum Gasteiger partial charge on any atom is 0.322 e. The zero-order valence-corrected chi connectivity index (χ0v) is 19.3. The first kappa shape index (κ1) is 21.7. The summed E-state index contributed by atoms with van der Waals surface area (Å²) >= 11 is 0. The van der Waals surface area contributed by atoms with E-state index in [-0.39, 0.29) is 12.5 Å². The van der Waals surface area contributed by atoms with E-state index >= 15 is 0 Å². The van der Waals surface area contributed by atoms with Crippen LogP contribution in [-0.4, -0.2) is 46.4 Å². The van der Waals surface area contributed by atoms with E-state index in [1.54, 1.807) is 48.7 Å². The molecule has 4 amide bonds. The lowest BCUT2D eigenvalue weighted by atomic mass is 9.88. The number of hydrogen-bond acceptors (Lipinski definition) is 6. The number of aromatic nitrogens is 2. The maximum absolute atomic E-state index is 13.2. The Balaban J connectivity index is 1.33. The van der Waals surface area contributed by atoms with Crippen molar-refractivity contribution in [2.45, 2.75) is 12.1 Å². The number of ether oxygens (including phenoxy) is 1. The van der Waals surface area contributed by atoms with Crippen molar-refractivity contribution in [2.24, 2.45) is 0 Å².